The van der Waals surface area contributed by atoms with Gasteiger partial charge >= 0.3 is 5.97 Å². The van der Waals surface area contributed by atoms with Gasteiger partial charge in [0.1, 0.15) is 6.10 Å². The molecule has 0 saturated heterocycles. The lowest BCUT2D eigenvalue weighted by molar-refractivity contribution is -0.157. The SMILES string of the molecule is C=C(C)CCC/C(C)=C/CC/C(C)=C/CC(=O)O[C@H]1CCC2C3CCC4=CC(=O)CCC4C3CCC21C. The Morgan fingerprint density at radius 1 is 1.00 bits per heavy atom. The van der Waals surface area contributed by atoms with Gasteiger partial charge in [-0.3, -0.25) is 9.59 Å². The Bertz CT molecular complexity index is 966. The molecule has 0 aromatic carbocycles. The van der Waals surface area contributed by atoms with Gasteiger partial charge in [-0.25, -0.2) is 0 Å². The monoisotopic (exact) mass is 506 g/mol. The minimum absolute atomic E-state index is 0.0560. The lowest BCUT2D eigenvalue weighted by Gasteiger charge is -2.53. The van der Waals surface area contributed by atoms with Crippen LogP contribution in [0.3, 0.4) is 0 Å². The van der Waals surface area contributed by atoms with Crippen LogP contribution >= 0.6 is 0 Å². The summed E-state index contributed by atoms with van der Waals surface area (Å²) in [7, 11) is 0. The van der Waals surface area contributed by atoms with Gasteiger partial charge in [-0.1, -0.05) is 41.4 Å². The molecule has 4 rings (SSSR count). The highest BCUT2D eigenvalue weighted by Crippen LogP contribution is 2.62. The molecule has 0 N–H and O–H groups in total. The van der Waals surface area contributed by atoms with Gasteiger partial charge in [0.25, 0.3) is 0 Å². The molecule has 4 aliphatic rings. The van der Waals surface area contributed by atoms with Crippen molar-refractivity contribution in [1.29, 1.82) is 0 Å². The molecule has 6 atom stereocenters. The van der Waals surface area contributed by atoms with Crippen LogP contribution in [0.1, 0.15) is 118 Å². The van der Waals surface area contributed by atoms with Crippen LogP contribution in [0, 0.1) is 29.1 Å². The Hall–Kier alpha value is -1.90. The molecule has 0 radical (unpaired) electrons. The van der Waals surface area contributed by atoms with Crippen LogP contribution in [0.15, 0.2) is 47.1 Å². The maximum absolute atomic E-state index is 12.9. The van der Waals surface area contributed by atoms with E-state index in [4.69, 9.17) is 4.74 Å². The molecule has 3 fully saturated rings. The Morgan fingerprint density at radius 2 is 1.78 bits per heavy atom. The molecule has 3 heteroatoms. The number of carbonyl (C=O) groups is 2. The second-order valence-corrected chi connectivity index (χ2v) is 13.1. The third kappa shape index (κ3) is 6.76. The maximum Gasteiger partial charge on any atom is 0.309 e. The van der Waals surface area contributed by atoms with Crippen molar-refractivity contribution in [2.75, 3.05) is 0 Å². The summed E-state index contributed by atoms with van der Waals surface area (Å²) >= 11 is 0. The van der Waals surface area contributed by atoms with Crippen molar-refractivity contribution in [2.24, 2.45) is 29.1 Å². The van der Waals surface area contributed by atoms with E-state index < -0.39 is 0 Å². The highest BCUT2D eigenvalue weighted by Gasteiger charge is 2.57. The first-order valence-corrected chi connectivity index (χ1v) is 15.1. The molecule has 0 spiro atoms. The number of ketones is 1. The molecule has 0 aromatic heterocycles. The van der Waals surface area contributed by atoms with E-state index in [2.05, 4.69) is 46.4 Å². The van der Waals surface area contributed by atoms with E-state index in [0.29, 0.717) is 24.0 Å². The average molecular weight is 507 g/mol. The van der Waals surface area contributed by atoms with Crippen LogP contribution in [0.4, 0.5) is 0 Å². The second kappa shape index (κ2) is 12.3. The number of hydrogen-bond donors (Lipinski definition) is 0. The van der Waals surface area contributed by atoms with Crippen LogP contribution in [0.5, 0.6) is 0 Å². The van der Waals surface area contributed by atoms with Crippen molar-refractivity contribution in [1.82, 2.24) is 0 Å². The second-order valence-electron chi connectivity index (χ2n) is 13.1. The summed E-state index contributed by atoms with van der Waals surface area (Å²) in [5.74, 6) is 3.03. The van der Waals surface area contributed by atoms with Gasteiger partial charge in [-0.15, -0.1) is 6.58 Å². The van der Waals surface area contributed by atoms with E-state index in [1.807, 2.05) is 6.08 Å². The molecule has 0 aromatic rings. The van der Waals surface area contributed by atoms with E-state index >= 15 is 0 Å². The zero-order chi connectivity index (χ0) is 26.6. The third-order valence-electron chi connectivity index (χ3n) is 10.3. The van der Waals surface area contributed by atoms with Crippen molar-refractivity contribution < 1.29 is 14.3 Å². The van der Waals surface area contributed by atoms with Crippen molar-refractivity contribution >= 4 is 11.8 Å². The Balaban J connectivity index is 1.25. The van der Waals surface area contributed by atoms with Crippen molar-refractivity contribution in [2.45, 2.75) is 124 Å². The normalized spacial score (nSPS) is 33.8. The lowest BCUT2D eigenvalue weighted by atomic mass is 9.52. The number of esters is 1. The van der Waals surface area contributed by atoms with Gasteiger partial charge in [0.05, 0.1) is 6.42 Å². The Morgan fingerprint density at radius 3 is 2.57 bits per heavy atom. The lowest BCUT2D eigenvalue weighted by Crippen LogP contribution is -2.48. The smallest absolute Gasteiger partial charge is 0.309 e. The molecular weight excluding hydrogens is 456 g/mol. The fourth-order valence-electron chi connectivity index (χ4n) is 8.21. The molecule has 0 amide bonds. The zero-order valence-electron chi connectivity index (χ0n) is 24.0. The summed E-state index contributed by atoms with van der Waals surface area (Å²) in [4.78, 5) is 24.8. The molecule has 3 nitrogen and oxygen atoms in total. The van der Waals surface area contributed by atoms with E-state index in [1.54, 1.807) is 0 Å². The van der Waals surface area contributed by atoms with Gasteiger partial charge < -0.3 is 4.74 Å². The number of ether oxygens (including phenoxy) is 1. The summed E-state index contributed by atoms with van der Waals surface area (Å²) in [6.45, 7) is 12.8. The van der Waals surface area contributed by atoms with Gasteiger partial charge in [0, 0.05) is 11.8 Å². The van der Waals surface area contributed by atoms with E-state index in [1.165, 1.54) is 48.0 Å². The molecule has 3 saturated carbocycles. The van der Waals surface area contributed by atoms with Gasteiger partial charge in [-0.2, -0.15) is 0 Å². The minimum Gasteiger partial charge on any atom is -0.462 e. The van der Waals surface area contributed by atoms with Crippen LogP contribution in [0.2, 0.25) is 0 Å². The largest absolute Gasteiger partial charge is 0.462 e. The van der Waals surface area contributed by atoms with Gasteiger partial charge in [0.15, 0.2) is 5.78 Å². The van der Waals surface area contributed by atoms with Crippen molar-refractivity contribution in [3.8, 4) is 0 Å². The fourth-order valence-corrected chi connectivity index (χ4v) is 8.21. The van der Waals surface area contributed by atoms with Crippen LogP contribution in [-0.4, -0.2) is 17.9 Å². The number of hydrogen-bond acceptors (Lipinski definition) is 3. The van der Waals surface area contributed by atoms with Crippen molar-refractivity contribution in [3.63, 3.8) is 0 Å². The first-order valence-electron chi connectivity index (χ1n) is 15.1. The standard InChI is InChI=1S/C34H50O3/c1-23(2)8-6-9-24(3)10-7-11-25(4)12-19-33(36)37-32-18-17-31-30-15-13-26-22-27(35)14-16-28(26)29(30)20-21-34(31,32)5/h10,12,22,28-32H,1,6-9,11,13-21H2,2-5H3/b24-10+,25-12+/t28?,29?,30?,31?,32-,34?/m0/s1. The molecule has 204 valence electrons. The minimum atomic E-state index is -0.0560. The highest BCUT2D eigenvalue weighted by molar-refractivity contribution is 5.91. The number of allylic oxidation sites excluding steroid dienone is 5. The average Bonchev–Trinajstić information content (AvgIpc) is 3.18. The summed E-state index contributed by atoms with van der Waals surface area (Å²) in [5, 5.41) is 0. The number of carbonyl (C=O) groups excluding carboxylic acids is 2. The highest BCUT2D eigenvalue weighted by atomic mass is 16.5. The van der Waals surface area contributed by atoms with Gasteiger partial charge in [-0.05, 0) is 128 Å². The van der Waals surface area contributed by atoms with Crippen molar-refractivity contribution in [3.05, 3.63) is 47.1 Å². The first-order chi connectivity index (χ1) is 17.7. The van der Waals surface area contributed by atoms with Crippen LogP contribution in [0.25, 0.3) is 0 Å². The molecule has 37 heavy (non-hydrogen) atoms. The molecule has 0 heterocycles. The summed E-state index contributed by atoms with van der Waals surface area (Å²) < 4.78 is 6.18. The molecule has 0 bridgehead atoms. The first kappa shape index (κ1) is 28.1. The predicted molar refractivity (Wildman–Crippen MR) is 152 cm³/mol. The van der Waals surface area contributed by atoms with Crippen LogP contribution < -0.4 is 0 Å². The molecular formula is C34H50O3. The Labute approximate surface area is 225 Å². The summed E-state index contributed by atoms with van der Waals surface area (Å²) in [6, 6.07) is 0. The molecule has 5 unspecified atom stereocenters. The fraction of sp³-hybridized carbons (Fsp3) is 0.706. The summed E-state index contributed by atoms with van der Waals surface area (Å²) in [6.07, 6.45) is 21.0. The zero-order valence-corrected chi connectivity index (χ0v) is 24.0. The maximum atomic E-state index is 12.9. The van der Waals surface area contributed by atoms with E-state index in [9.17, 15) is 9.59 Å². The quantitative estimate of drug-likeness (QED) is 0.219. The van der Waals surface area contributed by atoms with E-state index in [-0.39, 0.29) is 17.5 Å². The molecule has 4 aliphatic carbocycles. The third-order valence-corrected chi connectivity index (χ3v) is 10.3. The summed E-state index contributed by atoms with van der Waals surface area (Å²) in [5.41, 5.74) is 5.55. The van der Waals surface area contributed by atoms with E-state index in [0.717, 1.165) is 69.6 Å². The number of rotatable bonds is 10. The van der Waals surface area contributed by atoms with Crippen LogP contribution in [-0.2, 0) is 14.3 Å². The Kier molecular flexibility index (Phi) is 9.35. The molecule has 0 aliphatic heterocycles. The predicted octanol–water partition coefficient (Wildman–Crippen LogP) is 8.85. The van der Waals surface area contributed by atoms with Gasteiger partial charge in [0.2, 0.25) is 0 Å². The topological polar surface area (TPSA) is 43.4 Å². The number of fused-ring (bicyclic) bond motifs is 5.